The van der Waals surface area contributed by atoms with E-state index in [1.54, 1.807) is 45.2 Å². The summed E-state index contributed by atoms with van der Waals surface area (Å²) in [5.74, 6) is 0.0671. The highest BCUT2D eigenvalue weighted by Gasteiger charge is 2.34. The van der Waals surface area contributed by atoms with E-state index in [1.165, 1.54) is 4.31 Å². The first-order valence-electron chi connectivity index (χ1n) is 7.83. The molecule has 3 rings (SSSR count). The zero-order chi connectivity index (χ0) is 17.5. The molecule has 0 aliphatic carbocycles. The van der Waals surface area contributed by atoms with E-state index in [0.29, 0.717) is 42.5 Å². The molecule has 24 heavy (non-hydrogen) atoms. The molecule has 0 saturated carbocycles. The van der Waals surface area contributed by atoms with Gasteiger partial charge in [-0.05, 0) is 13.8 Å². The topological polar surface area (TPSA) is 82.2 Å². The van der Waals surface area contributed by atoms with Crippen LogP contribution in [0.15, 0.2) is 17.4 Å². The second kappa shape index (κ2) is 6.30. The third kappa shape index (κ3) is 2.87. The molecule has 0 aromatic carbocycles. The summed E-state index contributed by atoms with van der Waals surface area (Å²) in [5.41, 5.74) is 2.06. The summed E-state index contributed by atoms with van der Waals surface area (Å²) in [6.45, 7) is 5.41. The molecule has 0 amide bonds. The van der Waals surface area contributed by atoms with Crippen molar-refractivity contribution in [1.82, 2.24) is 23.6 Å². The molecule has 0 fully saturated rings. The predicted molar refractivity (Wildman–Crippen MR) is 87.9 cm³/mol. The van der Waals surface area contributed by atoms with Crippen molar-refractivity contribution in [3.63, 3.8) is 0 Å². The van der Waals surface area contributed by atoms with Crippen LogP contribution in [0.2, 0.25) is 0 Å². The molecule has 0 saturated heterocycles. The molecule has 9 heteroatoms. The summed E-state index contributed by atoms with van der Waals surface area (Å²) in [6.07, 6.45) is 3.47. The Morgan fingerprint density at radius 2 is 2.08 bits per heavy atom. The number of aromatic nitrogens is 4. The Kier molecular flexibility index (Phi) is 4.50. The minimum atomic E-state index is -3.64. The SMILES string of the molecule is COC[C@H]1CN(S(=O)(=O)c2c(C)nn(C)c2C)Cc2cncn2C1. The van der Waals surface area contributed by atoms with Gasteiger partial charge in [0, 0.05) is 39.4 Å². The molecule has 1 aliphatic heterocycles. The summed E-state index contributed by atoms with van der Waals surface area (Å²) < 4.78 is 37.0. The van der Waals surface area contributed by atoms with E-state index in [-0.39, 0.29) is 5.92 Å². The van der Waals surface area contributed by atoms with Crippen LogP contribution < -0.4 is 0 Å². The Hall–Kier alpha value is -1.71. The largest absolute Gasteiger partial charge is 0.384 e. The molecule has 1 aliphatic rings. The van der Waals surface area contributed by atoms with Crippen LogP contribution in [-0.2, 0) is 34.9 Å². The number of aryl methyl sites for hydroxylation is 2. The lowest BCUT2D eigenvalue weighted by Crippen LogP contribution is -2.35. The van der Waals surface area contributed by atoms with Crippen molar-refractivity contribution >= 4 is 10.0 Å². The average molecular weight is 353 g/mol. The van der Waals surface area contributed by atoms with Gasteiger partial charge in [0.15, 0.2) is 0 Å². The lowest BCUT2D eigenvalue weighted by Gasteiger charge is -2.23. The molecule has 8 nitrogen and oxygen atoms in total. The summed E-state index contributed by atoms with van der Waals surface area (Å²) in [5, 5.41) is 4.25. The maximum absolute atomic E-state index is 13.3. The highest BCUT2D eigenvalue weighted by Crippen LogP contribution is 2.27. The van der Waals surface area contributed by atoms with Crippen molar-refractivity contribution in [2.45, 2.75) is 31.8 Å². The average Bonchev–Trinajstić information content (AvgIpc) is 2.98. The summed E-state index contributed by atoms with van der Waals surface area (Å²) in [4.78, 5) is 4.45. The molecule has 0 unspecified atom stereocenters. The Morgan fingerprint density at radius 1 is 1.33 bits per heavy atom. The van der Waals surface area contributed by atoms with Gasteiger partial charge in [-0.25, -0.2) is 13.4 Å². The van der Waals surface area contributed by atoms with E-state index < -0.39 is 10.0 Å². The molecule has 0 spiro atoms. The summed E-state index contributed by atoms with van der Waals surface area (Å²) in [6, 6.07) is 0. The van der Waals surface area contributed by atoms with Crippen molar-refractivity contribution in [3.8, 4) is 0 Å². The third-order valence-electron chi connectivity index (χ3n) is 4.50. The molecule has 0 radical (unpaired) electrons. The molecule has 0 bridgehead atoms. The van der Waals surface area contributed by atoms with Crippen LogP contribution in [0.25, 0.3) is 0 Å². The van der Waals surface area contributed by atoms with E-state index >= 15 is 0 Å². The monoisotopic (exact) mass is 353 g/mol. The van der Waals surface area contributed by atoms with Crippen molar-refractivity contribution in [2.75, 3.05) is 20.3 Å². The summed E-state index contributed by atoms with van der Waals surface area (Å²) in [7, 11) is -0.255. The predicted octanol–water partition coefficient (Wildman–Crippen LogP) is 0.701. The minimum Gasteiger partial charge on any atom is -0.384 e. The van der Waals surface area contributed by atoms with Crippen molar-refractivity contribution in [3.05, 3.63) is 29.6 Å². The zero-order valence-electron chi connectivity index (χ0n) is 14.4. The zero-order valence-corrected chi connectivity index (χ0v) is 15.2. The maximum Gasteiger partial charge on any atom is 0.247 e. The molecule has 2 aromatic heterocycles. The highest BCUT2D eigenvalue weighted by molar-refractivity contribution is 7.89. The molecule has 0 N–H and O–H groups in total. The highest BCUT2D eigenvalue weighted by atomic mass is 32.2. The van der Waals surface area contributed by atoms with Gasteiger partial charge in [0.2, 0.25) is 10.0 Å². The molecule has 132 valence electrons. The Bertz CT molecular complexity index is 839. The molecule has 3 heterocycles. The van der Waals surface area contributed by atoms with Crippen LogP contribution >= 0.6 is 0 Å². The van der Waals surface area contributed by atoms with Gasteiger partial charge in [-0.3, -0.25) is 4.68 Å². The maximum atomic E-state index is 13.3. The number of methoxy groups -OCH3 is 1. The van der Waals surface area contributed by atoms with Crippen molar-refractivity contribution in [1.29, 1.82) is 0 Å². The lowest BCUT2D eigenvalue weighted by atomic mass is 10.1. The standard InChI is InChI=1S/C15H23N5O3S/c1-11-15(12(2)18(3)17-11)24(21,22)20-7-13(9-23-4)6-19-10-16-5-14(19)8-20/h5,10,13H,6-9H2,1-4H3/t13-/m1/s1. The van der Waals surface area contributed by atoms with E-state index in [4.69, 9.17) is 4.74 Å². The fraction of sp³-hybridized carbons (Fsp3) is 0.600. The Balaban J connectivity index is 2.03. The van der Waals surface area contributed by atoms with E-state index in [9.17, 15) is 8.42 Å². The molecular formula is C15H23N5O3S. The van der Waals surface area contributed by atoms with E-state index in [2.05, 4.69) is 10.1 Å². The van der Waals surface area contributed by atoms with Gasteiger partial charge in [0.1, 0.15) is 4.90 Å². The fourth-order valence-electron chi connectivity index (χ4n) is 3.29. The Labute approximate surface area is 142 Å². The number of fused-ring (bicyclic) bond motifs is 1. The van der Waals surface area contributed by atoms with Crippen molar-refractivity contribution in [2.24, 2.45) is 13.0 Å². The van der Waals surface area contributed by atoms with Crippen LogP contribution in [0.3, 0.4) is 0 Å². The molecule has 2 aromatic rings. The first-order chi connectivity index (χ1) is 11.3. The van der Waals surface area contributed by atoms with Crippen LogP contribution in [0, 0.1) is 19.8 Å². The van der Waals surface area contributed by atoms with Gasteiger partial charge in [0.25, 0.3) is 0 Å². The van der Waals surface area contributed by atoms with Gasteiger partial charge >= 0.3 is 0 Å². The first kappa shape index (κ1) is 17.1. The molecular weight excluding hydrogens is 330 g/mol. The van der Waals surface area contributed by atoms with Crippen molar-refractivity contribution < 1.29 is 13.2 Å². The van der Waals surface area contributed by atoms with Crippen LogP contribution in [-0.4, -0.2) is 52.3 Å². The normalized spacial score (nSPS) is 19.2. The number of hydrogen-bond donors (Lipinski definition) is 0. The van der Waals surface area contributed by atoms with Crippen LogP contribution in [0.5, 0.6) is 0 Å². The van der Waals surface area contributed by atoms with Crippen LogP contribution in [0.4, 0.5) is 0 Å². The minimum absolute atomic E-state index is 0.0671. The smallest absolute Gasteiger partial charge is 0.247 e. The number of rotatable bonds is 4. The number of nitrogens with zero attached hydrogens (tertiary/aromatic N) is 5. The number of hydrogen-bond acceptors (Lipinski definition) is 5. The first-order valence-corrected chi connectivity index (χ1v) is 9.27. The quantitative estimate of drug-likeness (QED) is 0.808. The van der Waals surface area contributed by atoms with E-state index in [1.807, 2.05) is 4.57 Å². The van der Waals surface area contributed by atoms with Gasteiger partial charge < -0.3 is 9.30 Å². The third-order valence-corrected chi connectivity index (χ3v) is 6.56. The van der Waals surface area contributed by atoms with Crippen LogP contribution in [0.1, 0.15) is 17.1 Å². The van der Waals surface area contributed by atoms with Gasteiger partial charge in [-0.2, -0.15) is 9.40 Å². The number of imidazole rings is 1. The van der Waals surface area contributed by atoms with E-state index in [0.717, 1.165) is 5.69 Å². The second-order valence-electron chi connectivity index (χ2n) is 6.28. The van der Waals surface area contributed by atoms with Gasteiger partial charge in [0.05, 0.1) is 36.6 Å². The Morgan fingerprint density at radius 3 is 2.71 bits per heavy atom. The fourth-order valence-corrected chi connectivity index (χ4v) is 5.18. The number of sulfonamides is 1. The number of ether oxygens (including phenoxy) is 1. The van der Waals surface area contributed by atoms with Gasteiger partial charge in [-0.15, -0.1) is 0 Å². The van der Waals surface area contributed by atoms with Gasteiger partial charge in [-0.1, -0.05) is 0 Å². The molecule has 1 atom stereocenters. The second-order valence-corrected chi connectivity index (χ2v) is 8.15. The summed E-state index contributed by atoms with van der Waals surface area (Å²) >= 11 is 0. The lowest BCUT2D eigenvalue weighted by molar-refractivity contribution is 0.134.